The number of amides is 3. The number of nitrogens with one attached hydrogen (secondary N) is 3. The van der Waals surface area contributed by atoms with E-state index < -0.39 is 11.6 Å². The molecule has 8 heteroatoms. The summed E-state index contributed by atoms with van der Waals surface area (Å²) in [5, 5.41) is 7.59. The van der Waals surface area contributed by atoms with Gasteiger partial charge in [-0.15, -0.1) is 0 Å². The molecule has 0 aliphatic rings. The summed E-state index contributed by atoms with van der Waals surface area (Å²) in [5.41, 5.74) is 1.17. The number of anilines is 1. The van der Waals surface area contributed by atoms with E-state index in [9.17, 15) is 14.4 Å². The Hall–Kier alpha value is -3.29. The van der Waals surface area contributed by atoms with Gasteiger partial charge in [0.2, 0.25) is 5.91 Å². The molecule has 2 rings (SSSR count). The van der Waals surface area contributed by atoms with E-state index in [4.69, 9.17) is 4.74 Å². The molecule has 0 aliphatic heterocycles. The lowest BCUT2D eigenvalue weighted by Crippen LogP contribution is -2.35. The lowest BCUT2D eigenvalue weighted by Gasteiger charge is -2.13. The molecule has 0 saturated carbocycles. The highest BCUT2D eigenvalue weighted by atomic mass is 16.5. The summed E-state index contributed by atoms with van der Waals surface area (Å²) in [5.74, 6) is 0.395. The Morgan fingerprint density at radius 1 is 1.19 bits per heavy atom. The summed E-state index contributed by atoms with van der Waals surface area (Å²) in [6, 6.07) is 10.0. The zero-order chi connectivity index (χ0) is 19.1. The Labute approximate surface area is 151 Å². The first-order valence-corrected chi connectivity index (χ1v) is 8.03. The van der Waals surface area contributed by atoms with Gasteiger partial charge in [-0.25, -0.2) is 4.79 Å². The van der Waals surface area contributed by atoms with Crippen LogP contribution in [0.5, 0.6) is 5.75 Å². The average molecular weight is 358 g/mol. The van der Waals surface area contributed by atoms with Crippen LogP contribution in [0.25, 0.3) is 0 Å². The molecule has 0 fully saturated rings. The molecule has 0 radical (unpaired) electrons. The van der Waals surface area contributed by atoms with Gasteiger partial charge in [0.25, 0.3) is 5.56 Å². The molecule has 1 aromatic carbocycles. The minimum atomic E-state index is -0.500. The molecule has 2 aromatic rings. The van der Waals surface area contributed by atoms with Crippen molar-refractivity contribution in [3.05, 3.63) is 58.0 Å². The molecule has 1 aromatic heterocycles. The Morgan fingerprint density at radius 3 is 2.65 bits per heavy atom. The summed E-state index contributed by atoms with van der Waals surface area (Å²) >= 11 is 0. The third-order valence-electron chi connectivity index (χ3n) is 3.79. The molecule has 3 amide bonds. The number of benzene rings is 1. The molecule has 0 bridgehead atoms. The summed E-state index contributed by atoms with van der Waals surface area (Å²) in [6.45, 7) is 1.90. The van der Waals surface area contributed by atoms with Crippen molar-refractivity contribution >= 4 is 17.6 Å². The van der Waals surface area contributed by atoms with Crippen LogP contribution in [0.4, 0.5) is 10.5 Å². The van der Waals surface area contributed by atoms with E-state index in [-0.39, 0.29) is 18.1 Å². The van der Waals surface area contributed by atoms with Crippen molar-refractivity contribution in [3.63, 3.8) is 0 Å². The lowest BCUT2D eigenvalue weighted by molar-refractivity contribution is -0.121. The van der Waals surface area contributed by atoms with E-state index in [0.29, 0.717) is 18.0 Å². The van der Waals surface area contributed by atoms with Crippen LogP contribution >= 0.6 is 0 Å². The number of hydrogen-bond donors (Lipinski definition) is 3. The molecule has 1 heterocycles. The van der Waals surface area contributed by atoms with Crippen molar-refractivity contribution in [2.75, 3.05) is 19.5 Å². The molecule has 0 spiro atoms. The maximum absolute atomic E-state index is 12.5. The van der Waals surface area contributed by atoms with Gasteiger partial charge in [0.1, 0.15) is 18.0 Å². The van der Waals surface area contributed by atoms with Gasteiger partial charge in [0.15, 0.2) is 0 Å². The Morgan fingerprint density at radius 2 is 1.96 bits per heavy atom. The second-order valence-corrected chi connectivity index (χ2v) is 5.61. The standard InChI is InChI=1S/C18H22N4O4/c1-12-7-8-15(21-18(25)19-2)17(24)22(12)11-16(23)20-10-13-5-4-6-14(9-13)26-3/h4-9H,10-11H2,1-3H3,(H,20,23)(H2,19,21,25). The van der Waals surface area contributed by atoms with Crippen molar-refractivity contribution in [2.24, 2.45) is 0 Å². The van der Waals surface area contributed by atoms with Crippen molar-refractivity contribution < 1.29 is 14.3 Å². The van der Waals surface area contributed by atoms with Crippen molar-refractivity contribution in [1.29, 1.82) is 0 Å². The van der Waals surface area contributed by atoms with Crippen LogP contribution in [0.3, 0.4) is 0 Å². The second kappa shape index (κ2) is 8.70. The largest absolute Gasteiger partial charge is 0.497 e. The van der Waals surface area contributed by atoms with Crippen LogP contribution in [0.1, 0.15) is 11.3 Å². The number of urea groups is 1. The number of aryl methyl sites for hydroxylation is 1. The number of pyridine rings is 1. The van der Waals surface area contributed by atoms with Crippen LogP contribution in [0.2, 0.25) is 0 Å². The molecule has 0 atom stereocenters. The van der Waals surface area contributed by atoms with E-state index in [1.165, 1.54) is 17.7 Å². The number of aromatic nitrogens is 1. The molecular formula is C18H22N4O4. The monoisotopic (exact) mass is 358 g/mol. The van der Waals surface area contributed by atoms with E-state index in [1.54, 1.807) is 20.1 Å². The SMILES string of the molecule is CNC(=O)Nc1ccc(C)n(CC(=O)NCc2cccc(OC)c2)c1=O. The zero-order valence-electron chi connectivity index (χ0n) is 15.0. The van der Waals surface area contributed by atoms with Gasteiger partial charge in [0.05, 0.1) is 7.11 Å². The zero-order valence-corrected chi connectivity index (χ0v) is 15.0. The van der Waals surface area contributed by atoms with Gasteiger partial charge in [-0.3, -0.25) is 9.59 Å². The molecule has 138 valence electrons. The summed E-state index contributed by atoms with van der Waals surface area (Å²) < 4.78 is 6.46. The molecule has 3 N–H and O–H groups in total. The fraction of sp³-hybridized carbons (Fsp3) is 0.278. The number of carbonyl (C=O) groups excluding carboxylic acids is 2. The number of methoxy groups -OCH3 is 1. The number of ether oxygens (including phenoxy) is 1. The predicted molar refractivity (Wildman–Crippen MR) is 98.4 cm³/mol. The topological polar surface area (TPSA) is 101 Å². The summed E-state index contributed by atoms with van der Waals surface area (Å²) in [4.78, 5) is 36.1. The first kappa shape index (κ1) is 19.0. The van der Waals surface area contributed by atoms with E-state index in [2.05, 4.69) is 16.0 Å². The number of nitrogens with zero attached hydrogens (tertiary/aromatic N) is 1. The molecule has 0 aliphatic carbocycles. The average Bonchev–Trinajstić information content (AvgIpc) is 2.65. The van der Waals surface area contributed by atoms with E-state index in [0.717, 1.165) is 5.56 Å². The first-order chi connectivity index (χ1) is 12.4. The smallest absolute Gasteiger partial charge is 0.319 e. The van der Waals surface area contributed by atoms with Crippen molar-refractivity contribution in [3.8, 4) is 5.75 Å². The van der Waals surface area contributed by atoms with Gasteiger partial charge < -0.3 is 25.3 Å². The van der Waals surface area contributed by atoms with E-state index in [1.807, 2.05) is 24.3 Å². The molecular weight excluding hydrogens is 336 g/mol. The summed E-state index contributed by atoms with van der Waals surface area (Å²) in [6.07, 6.45) is 0. The van der Waals surface area contributed by atoms with Crippen LogP contribution in [0.15, 0.2) is 41.2 Å². The van der Waals surface area contributed by atoms with Crippen LogP contribution in [0, 0.1) is 6.92 Å². The fourth-order valence-electron chi connectivity index (χ4n) is 2.33. The number of carbonyl (C=O) groups is 2. The van der Waals surface area contributed by atoms with Gasteiger partial charge in [0, 0.05) is 19.3 Å². The predicted octanol–water partition coefficient (Wildman–Crippen LogP) is 1.23. The van der Waals surface area contributed by atoms with Gasteiger partial charge in [-0.2, -0.15) is 0 Å². The molecule has 26 heavy (non-hydrogen) atoms. The molecule has 0 saturated heterocycles. The molecule has 8 nitrogen and oxygen atoms in total. The highest BCUT2D eigenvalue weighted by Gasteiger charge is 2.12. The quantitative estimate of drug-likeness (QED) is 0.723. The van der Waals surface area contributed by atoms with Gasteiger partial charge >= 0.3 is 6.03 Å². The number of rotatable bonds is 6. The Bertz CT molecular complexity index is 861. The normalized spacial score (nSPS) is 10.1. The molecule has 0 unspecified atom stereocenters. The van der Waals surface area contributed by atoms with Crippen LogP contribution in [-0.2, 0) is 17.9 Å². The Kier molecular flexibility index (Phi) is 6.37. The second-order valence-electron chi connectivity index (χ2n) is 5.61. The first-order valence-electron chi connectivity index (χ1n) is 8.03. The fourth-order valence-corrected chi connectivity index (χ4v) is 2.33. The van der Waals surface area contributed by atoms with Gasteiger partial charge in [-0.05, 0) is 36.8 Å². The maximum atomic E-state index is 12.5. The van der Waals surface area contributed by atoms with Crippen molar-refractivity contribution in [2.45, 2.75) is 20.0 Å². The van der Waals surface area contributed by atoms with Crippen LogP contribution < -0.4 is 26.2 Å². The number of hydrogen-bond acceptors (Lipinski definition) is 4. The maximum Gasteiger partial charge on any atom is 0.319 e. The van der Waals surface area contributed by atoms with Crippen molar-refractivity contribution in [1.82, 2.24) is 15.2 Å². The summed E-state index contributed by atoms with van der Waals surface area (Å²) in [7, 11) is 3.03. The minimum Gasteiger partial charge on any atom is -0.497 e. The highest BCUT2D eigenvalue weighted by Crippen LogP contribution is 2.12. The lowest BCUT2D eigenvalue weighted by atomic mass is 10.2. The Balaban J connectivity index is 2.07. The van der Waals surface area contributed by atoms with Gasteiger partial charge in [-0.1, -0.05) is 12.1 Å². The third-order valence-corrected chi connectivity index (χ3v) is 3.79. The minimum absolute atomic E-state index is 0.107. The third kappa shape index (κ3) is 4.85. The highest BCUT2D eigenvalue weighted by molar-refractivity contribution is 5.88. The van der Waals surface area contributed by atoms with Crippen LogP contribution in [-0.4, -0.2) is 30.7 Å². The van der Waals surface area contributed by atoms with E-state index >= 15 is 0 Å².